The second-order valence-electron chi connectivity index (χ2n) is 12.1. The predicted octanol–water partition coefficient (Wildman–Crippen LogP) is 7.98. The topological polar surface area (TPSA) is 168 Å². The van der Waals surface area contributed by atoms with Crippen LogP contribution in [0.15, 0.2) is 91.3 Å². The van der Waals surface area contributed by atoms with Crippen LogP contribution in [0.25, 0.3) is 22.5 Å². The van der Waals surface area contributed by atoms with E-state index in [0.717, 1.165) is 76.5 Å². The zero-order chi connectivity index (χ0) is 33.9. The number of fused-ring (bicyclic) bond motifs is 2. The van der Waals surface area contributed by atoms with Crippen LogP contribution in [0.1, 0.15) is 57.8 Å². The first-order chi connectivity index (χ1) is 23.8. The fraction of sp³-hybridized carbons (Fsp3) is 0.158. The summed E-state index contributed by atoms with van der Waals surface area (Å²) < 4.78 is 13.5. The average Bonchev–Trinajstić information content (AvgIpc) is 3.65. The van der Waals surface area contributed by atoms with Crippen LogP contribution in [0.5, 0.6) is 0 Å². The minimum Gasteiger partial charge on any atom is -0.384 e. The molecule has 0 saturated carbocycles. The van der Waals surface area contributed by atoms with Gasteiger partial charge in [-0.1, -0.05) is 24.3 Å². The van der Waals surface area contributed by atoms with Crippen LogP contribution in [-0.4, -0.2) is 31.5 Å². The van der Waals surface area contributed by atoms with Gasteiger partial charge in [0.2, 0.25) is 0 Å². The van der Waals surface area contributed by atoms with Crippen LogP contribution in [0.4, 0.5) is 38.8 Å². The Morgan fingerprint density at radius 1 is 0.612 bits per heavy atom. The third kappa shape index (κ3) is 6.64. The van der Waals surface area contributed by atoms with Gasteiger partial charge in [-0.3, -0.25) is 9.59 Å². The van der Waals surface area contributed by atoms with E-state index in [1.54, 1.807) is 30.6 Å². The molecule has 2 aliphatic rings. The summed E-state index contributed by atoms with van der Waals surface area (Å²) in [6, 6.07) is 23.3. The van der Waals surface area contributed by atoms with Gasteiger partial charge in [-0.15, -0.1) is 0 Å². The fourth-order valence-electron chi connectivity index (χ4n) is 6.46. The molecule has 2 aliphatic carbocycles. The van der Waals surface area contributed by atoms with Gasteiger partial charge in [0.25, 0.3) is 0 Å². The van der Waals surface area contributed by atoms with Crippen molar-refractivity contribution in [2.24, 2.45) is 0 Å². The van der Waals surface area contributed by atoms with Crippen molar-refractivity contribution in [2.45, 2.75) is 38.5 Å². The van der Waals surface area contributed by atoms with Crippen LogP contribution in [0, 0.1) is 5.82 Å². The van der Waals surface area contributed by atoms with Crippen molar-refractivity contribution in [3.8, 4) is 22.5 Å². The van der Waals surface area contributed by atoms with E-state index in [4.69, 9.17) is 11.5 Å². The number of Topliss-reactive ketones (excluding diaryl/α,β-unsaturated/α-hetero) is 2. The number of aromatic amines is 2. The summed E-state index contributed by atoms with van der Waals surface area (Å²) >= 11 is 0. The van der Waals surface area contributed by atoms with Crippen molar-refractivity contribution in [3.05, 3.63) is 120 Å². The first-order valence-electron chi connectivity index (χ1n) is 16.2. The zero-order valence-corrected chi connectivity index (χ0v) is 26.6. The first kappa shape index (κ1) is 31.4. The highest BCUT2D eigenvalue weighted by molar-refractivity contribution is 6.08. The summed E-state index contributed by atoms with van der Waals surface area (Å²) in [6.07, 6.45) is 7.80. The molecule has 0 fully saturated rings. The van der Waals surface area contributed by atoms with Crippen LogP contribution in [-0.2, 0) is 12.8 Å². The van der Waals surface area contributed by atoms with Crippen LogP contribution >= 0.6 is 0 Å². The summed E-state index contributed by atoms with van der Waals surface area (Å²) in [7, 11) is 0. The first-order valence-corrected chi connectivity index (χ1v) is 16.2. The molecule has 49 heavy (non-hydrogen) atoms. The highest BCUT2D eigenvalue weighted by Crippen LogP contribution is 2.40. The number of hydrogen-bond acceptors (Lipinski definition) is 8. The SMILES string of the molecule is Nc1cc(-c2[nH]c3c(c2Nc2cccc(F)c2)C(=O)CCC3)ccn1.Nc1cc(-c2[nH]c3c(c2Nc2ccccc2)C(=O)CCC3)ccn1. The third-order valence-corrected chi connectivity index (χ3v) is 8.65. The number of nitrogens with one attached hydrogen (secondary N) is 4. The average molecular weight is 655 g/mol. The normalized spacial score (nSPS) is 13.6. The molecule has 8 N–H and O–H groups in total. The number of nitrogens with zero attached hydrogens (tertiary/aromatic N) is 2. The van der Waals surface area contributed by atoms with Gasteiger partial charge < -0.3 is 32.1 Å². The molecule has 0 saturated heterocycles. The number of hydrogen-bond donors (Lipinski definition) is 6. The molecular weight excluding hydrogens is 619 g/mol. The third-order valence-electron chi connectivity index (χ3n) is 8.65. The lowest BCUT2D eigenvalue weighted by atomic mass is 9.95. The monoisotopic (exact) mass is 654 g/mol. The lowest BCUT2D eigenvalue weighted by Crippen LogP contribution is -2.10. The number of nitrogen functional groups attached to an aromatic ring is 2. The van der Waals surface area contributed by atoms with Crippen molar-refractivity contribution < 1.29 is 14.0 Å². The molecule has 6 aromatic rings. The molecule has 0 atom stereocenters. The lowest BCUT2D eigenvalue weighted by molar-refractivity contribution is 0.0965. The molecule has 0 aliphatic heterocycles. The number of nitrogens with two attached hydrogens (primary N) is 2. The quantitative estimate of drug-likeness (QED) is 0.105. The molecule has 246 valence electrons. The number of anilines is 6. The number of H-pyrrole nitrogens is 2. The van der Waals surface area contributed by atoms with Gasteiger partial charge in [0.15, 0.2) is 11.6 Å². The molecule has 4 aromatic heterocycles. The van der Waals surface area contributed by atoms with E-state index in [0.29, 0.717) is 41.4 Å². The molecule has 4 heterocycles. The number of aryl methyl sites for hydroxylation is 2. The van der Waals surface area contributed by atoms with E-state index in [1.165, 1.54) is 12.1 Å². The van der Waals surface area contributed by atoms with Crippen molar-refractivity contribution >= 4 is 46.0 Å². The summed E-state index contributed by atoms with van der Waals surface area (Å²) in [5, 5.41) is 6.63. The second kappa shape index (κ2) is 13.5. The number of carbonyl (C=O) groups excluding carboxylic acids is 2. The largest absolute Gasteiger partial charge is 0.384 e. The van der Waals surface area contributed by atoms with Gasteiger partial charge in [0, 0.05) is 59.1 Å². The van der Waals surface area contributed by atoms with Crippen molar-refractivity contribution in [1.82, 2.24) is 19.9 Å². The number of para-hydroxylation sites is 1. The minimum absolute atomic E-state index is 0.0877. The Balaban J connectivity index is 0.000000154. The number of ketones is 2. The van der Waals surface area contributed by atoms with Gasteiger partial charge in [-0.05, 0) is 80.3 Å². The maximum absolute atomic E-state index is 13.5. The van der Waals surface area contributed by atoms with E-state index in [2.05, 4.69) is 30.6 Å². The Morgan fingerprint density at radius 3 is 1.63 bits per heavy atom. The highest BCUT2D eigenvalue weighted by Gasteiger charge is 2.28. The van der Waals surface area contributed by atoms with Crippen LogP contribution in [0.2, 0.25) is 0 Å². The van der Waals surface area contributed by atoms with Crippen molar-refractivity contribution in [3.63, 3.8) is 0 Å². The number of rotatable bonds is 6. The van der Waals surface area contributed by atoms with Gasteiger partial charge in [-0.2, -0.15) is 0 Å². The summed E-state index contributed by atoms with van der Waals surface area (Å²) in [4.78, 5) is 39.9. The van der Waals surface area contributed by atoms with Crippen molar-refractivity contribution in [1.29, 1.82) is 0 Å². The van der Waals surface area contributed by atoms with E-state index in [9.17, 15) is 14.0 Å². The van der Waals surface area contributed by atoms with Gasteiger partial charge in [0.05, 0.1) is 33.9 Å². The molecule has 8 rings (SSSR count). The molecule has 11 heteroatoms. The van der Waals surface area contributed by atoms with Gasteiger partial charge in [-0.25, -0.2) is 14.4 Å². The highest BCUT2D eigenvalue weighted by atomic mass is 19.1. The number of carbonyl (C=O) groups is 2. The number of halogens is 1. The van der Waals surface area contributed by atoms with Crippen LogP contribution < -0.4 is 22.1 Å². The number of benzene rings is 2. The lowest BCUT2D eigenvalue weighted by Gasteiger charge is -2.13. The smallest absolute Gasteiger partial charge is 0.166 e. The molecule has 10 nitrogen and oxygen atoms in total. The van der Waals surface area contributed by atoms with E-state index >= 15 is 0 Å². The molecule has 0 bridgehead atoms. The number of pyridine rings is 2. The summed E-state index contributed by atoms with van der Waals surface area (Å²) in [5.74, 6) is 0.782. The zero-order valence-electron chi connectivity index (χ0n) is 26.6. The molecule has 0 spiro atoms. The Bertz CT molecular complexity index is 2170. The van der Waals surface area contributed by atoms with Gasteiger partial charge >= 0.3 is 0 Å². The molecule has 0 unspecified atom stereocenters. The number of aromatic nitrogens is 4. The van der Waals surface area contributed by atoms with Crippen LogP contribution in [0.3, 0.4) is 0 Å². The standard InChI is InChI=1S/C19H17FN4O.C19H18N4O/c20-12-3-1-4-13(10-12)23-19-17-14(5-2-6-15(17)25)24-18(19)11-7-8-22-16(21)9-11;20-16-11-12(9-10-21-16)18-19(22-13-5-2-1-3-6-13)17-14(23-18)7-4-8-15(17)24/h1,3-4,7-10,23-24H,2,5-6H2,(H2,21,22);1-3,5-6,9-11,22-23H,4,7-8H2,(H2,20,21). The van der Waals surface area contributed by atoms with E-state index in [1.807, 2.05) is 48.5 Å². The fourth-order valence-corrected chi connectivity index (χ4v) is 6.46. The summed E-state index contributed by atoms with van der Waals surface area (Å²) in [5.41, 5.74) is 21.4. The second-order valence-corrected chi connectivity index (χ2v) is 12.1. The van der Waals surface area contributed by atoms with E-state index in [-0.39, 0.29) is 17.4 Å². The Kier molecular flexibility index (Phi) is 8.63. The Labute approximate surface area is 282 Å². The maximum atomic E-state index is 13.5. The predicted molar refractivity (Wildman–Crippen MR) is 191 cm³/mol. The minimum atomic E-state index is -0.338. The van der Waals surface area contributed by atoms with Crippen molar-refractivity contribution in [2.75, 3.05) is 22.1 Å². The summed E-state index contributed by atoms with van der Waals surface area (Å²) in [6.45, 7) is 0. The Hall–Kier alpha value is -6.23. The molecule has 0 amide bonds. The maximum Gasteiger partial charge on any atom is 0.166 e. The molecular formula is C38H35FN8O2. The van der Waals surface area contributed by atoms with E-state index < -0.39 is 0 Å². The molecule has 2 aromatic carbocycles. The Morgan fingerprint density at radius 2 is 1.12 bits per heavy atom. The molecule has 0 radical (unpaired) electrons. The van der Waals surface area contributed by atoms with Gasteiger partial charge in [0.1, 0.15) is 17.5 Å².